The van der Waals surface area contributed by atoms with E-state index < -0.39 is 0 Å². The van der Waals surface area contributed by atoms with E-state index in [0.717, 1.165) is 12.8 Å². The number of nitrogens with one attached hydrogen (secondary N) is 1. The minimum Gasteiger partial charge on any atom is -0.394 e. The smallest absolute Gasteiger partial charge is 0.0613 e. The molecule has 0 spiro atoms. The molecular weight excluding hydrogens is 260 g/mol. The fraction of sp³-hybridized carbons (Fsp3) is 1.00. The van der Waals surface area contributed by atoms with Crippen LogP contribution in [0.4, 0.5) is 0 Å². The molecule has 0 saturated heterocycles. The third kappa shape index (κ3) is 5.22. The lowest BCUT2D eigenvalue weighted by Crippen LogP contribution is -2.57. The molecule has 0 radical (unpaired) electrons. The summed E-state index contributed by atoms with van der Waals surface area (Å²) in [7, 11) is 0. The zero-order chi connectivity index (χ0) is 15.5. The summed E-state index contributed by atoms with van der Waals surface area (Å²) < 4.78 is 0. The number of hydrogen-bond acceptors (Lipinski definition) is 3. The normalized spacial score (nSPS) is 30.6. The molecule has 2 atom stereocenters. The van der Waals surface area contributed by atoms with E-state index in [-0.39, 0.29) is 5.54 Å². The summed E-state index contributed by atoms with van der Waals surface area (Å²) in [6.45, 7) is 11.9. The van der Waals surface area contributed by atoms with Crippen molar-refractivity contribution in [1.82, 2.24) is 10.2 Å². The Hall–Kier alpha value is -0.120. The van der Waals surface area contributed by atoms with Crippen molar-refractivity contribution < 1.29 is 5.11 Å². The topological polar surface area (TPSA) is 35.5 Å². The average Bonchev–Trinajstić information content (AvgIpc) is 3.21. The van der Waals surface area contributed by atoms with Gasteiger partial charge >= 0.3 is 0 Å². The van der Waals surface area contributed by atoms with Gasteiger partial charge in [0.25, 0.3) is 0 Å². The van der Waals surface area contributed by atoms with Crippen LogP contribution in [0, 0.1) is 11.8 Å². The second-order valence-electron chi connectivity index (χ2n) is 8.35. The molecule has 3 nitrogen and oxygen atoms in total. The zero-order valence-corrected chi connectivity index (χ0v) is 14.6. The lowest BCUT2D eigenvalue weighted by atomic mass is 9.78. The summed E-state index contributed by atoms with van der Waals surface area (Å²) in [5.41, 5.74) is -0.00368. The highest BCUT2D eigenvalue weighted by Gasteiger charge is 2.41. The van der Waals surface area contributed by atoms with E-state index in [1.54, 1.807) is 0 Å². The number of rotatable bonds is 8. The molecule has 0 heterocycles. The zero-order valence-electron chi connectivity index (χ0n) is 14.6. The minimum absolute atomic E-state index is 0.00368. The van der Waals surface area contributed by atoms with Crippen LogP contribution in [0.3, 0.4) is 0 Å². The predicted molar refractivity (Wildman–Crippen MR) is 89.5 cm³/mol. The monoisotopic (exact) mass is 296 g/mol. The highest BCUT2D eigenvalue weighted by atomic mass is 16.3. The van der Waals surface area contributed by atoms with Gasteiger partial charge in [-0.15, -0.1) is 0 Å². The minimum atomic E-state index is -0.00368. The van der Waals surface area contributed by atoms with Crippen molar-refractivity contribution in [3.05, 3.63) is 0 Å². The molecule has 0 bridgehead atoms. The summed E-state index contributed by atoms with van der Waals surface area (Å²) in [5.74, 6) is 1.43. The van der Waals surface area contributed by atoms with Crippen LogP contribution < -0.4 is 5.32 Å². The lowest BCUT2D eigenvalue weighted by molar-refractivity contribution is 0.0475. The van der Waals surface area contributed by atoms with Gasteiger partial charge in [-0.3, -0.25) is 4.90 Å². The maximum atomic E-state index is 10.0. The van der Waals surface area contributed by atoms with Gasteiger partial charge in [-0.05, 0) is 50.4 Å². The second-order valence-corrected chi connectivity index (χ2v) is 8.35. The van der Waals surface area contributed by atoms with Crippen molar-refractivity contribution in [3.8, 4) is 0 Å². The van der Waals surface area contributed by atoms with E-state index in [2.05, 4.69) is 37.9 Å². The summed E-state index contributed by atoms with van der Waals surface area (Å²) in [5, 5.41) is 13.8. The first-order valence-electron chi connectivity index (χ1n) is 9.07. The number of hydrogen-bond donors (Lipinski definition) is 2. The second kappa shape index (κ2) is 7.43. The molecule has 0 amide bonds. The molecule has 2 saturated carbocycles. The van der Waals surface area contributed by atoms with Gasteiger partial charge in [0.2, 0.25) is 0 Å². The van der Waals surface area contributed by atoms with Gasteiger partial charge in [0.05, 0.1) is 6.61 Å². The van der Waals surface area contributed by atoms with Crippen LogP contribution >= 0.6 is 0 Å². The molecule has 2 rings (SSSR count). The van der Waals surface area contributed by atoms with Crippen molar-refractivity contribution in [1.29, 1.82) is 0 Å². The summed E-state index contributed by atoms with van der Waals surface area (Å²) in [6, 6.07) is 1.32. The van der Waals surface area contributed by atoms with Crippen LogP contribution in [0.2, 0.25) is 0 Å². The SMILES string of the molecule is CC(C)CN(CC(C)C)C1CCCC(CO)(NC2CC2)C1. The van der Waals surface area contributed by atoms with Crippen LogP contribution in [0.15, 0.2) is 0 Å². The molecule has 3 heteroatoms. The Labute approximate surface area is 131 Å². The quantitative estimate of drug-likeness (QED) is 0.723. The highest BCUT2D eigenvalue weighted by molar-refractivity contribution is 5.00. The third-order valence-corrected chi connectivity index (χ3v) is 4.93. The molecule has 124 valence electrons. The standard InChI is InChI=1S/C18H36N2O/c1-14(2)11-20(12-15(3)4)17-6-5-9-18(10-17,13-21)19-16-7-8-16/h14-17,19,21H,5-13H2,1-4H3. The number of aliphatic hydroxyl groups is 1. The van der Waals surface area contributed by atoms with E-state index in [0.29, 0.717) is 30.5 Å². The van der Waals surface area contributed by atoms with E-state index in [4.69, 9.17) is 0 Å². The summed E-state index contributed by atoms with van der Waals surface area (Å²) in [6.07, 6.45) is 7.42. The van der Waals surface area contributed by atoms with E-state index in [1.807, 2.05) is 0 Å². The summed E-state index contributed by atoms with van der Waals surface area (Å²) >= 11 is 0. The third-order valence-electron chi connectivity index (χ3n) is 4.93. The van der Waals surface area contributed by atoms with Gasteiger partial charge in [0.15, 0.2) is 0 Å². The van der Waals surface area contributed by atoms with Crippen LogP contribution in [0.5, 0.6) is 0 Å². The largest absolute Gasteiger partial charge is 0.394 e. The summed E-state index contributed by atoms with van der Waals surface area (Å²) in [4.78, 5) is 2.70. The van der Waals surface area contributed by atoms with Gasteiger partial charge in [-0.1, -0.05) is 27.7 Å². The fourth-order valence-electron chi connectivity index (χ4n) is 3.93. The molecule has 21 heavy (non-hydrogen) atoms. The average molecular weight is 296 g/mol. The van der Waals surface area contributed by atoms with Gasteiger partial charge in [0, 0.05) is 30.7 Å². The first kappa shape index (κ1) is 17.2. The molecule has 2 aliphatic carbocycles. The lowest BCUT2D eigenvalue weighted by Gasteiger charge is -2.45. The van der Waals surface area contributed by atoms with E-state index >= 15 is 0 Å². The van der Waals surface area contributed by atoms with Crippen molar-refractivity contribution in [2.75, 3.05) is 19.7 Å². The first-order valence-corrected chi connectivity index (χ1v) is 9.07. The van der Waals surface area contributed by atoms with Crippen LogP contribution in [-0.4, -0.2) is 47.3 Å². The van der Waals surface area contributed by atoms with Crippen molar-refractivity contribution in [2.45, 2.75) is 83.8 Å². The van der Waals surface area contributed by atoms with Gasteiger partial charge < -0.3 is 10.4 Å². The van der Waals surface area contributed by atoms with Gasteiger partial charge in [-0.25, -0.2) is 0 Å². The Bertz CT molecular complexity index is 304. The molecule has 0 aromatic carbocycles. The Morgan fingerprint density at radius 3 is 2.19 bits per heavy atom. The number of nitrogens with zero attached hydrogens (tertiary/aromatic N) is 1. The Balaban J connectivity index is 2.01. The van der Waals surface area contributed by atoms with Crippen LogP contribution in [0.25, 0.3) is 0 Å². The van der Waals surface area contributed by atoms with E-state index in [1.165, 1.54) is 38.8 Å². The van der Waals surface area contributed by atoms with Crippen molar-refractivity contribution in [2.24, 2.45) is 11.8 Å². The fourth-order valence-corrected chi connectivity index (χ4v) is 3.93. The maximum absolute atomic E-state index is 10.0. The van der Waals surface area contributed by atoms with Crippen molar-refractivity contribution >= 4 is 0 Å². The Kier molecular flexibility index (Phi) is 6.10. The molecule has 0 aromatic rings. The molecule has 0 aromatic heterocycles. The molecule has 0 aliphatic heterocycles. The van der Waals surface area contributed by atoms with Gasteiger partial charge in [-0.2, -0.15) is 0 Å². The Morgan fingerprint density at radius 1 is 1.10 bits per heavy atom. The molecule has 2 unspecified atom stereocenters. The predicted octanol–water partition coefficient (Wildman–Crippen LogP) is 3.03. The molecule has 2 aliphatic rings. The molecule has 2 N–H and O–H groups in total. The maximum Gasteiger partial charge on any atom is 0.0613 e. The highest BCUT2D eigenvalue weighted by Crippen LogP contribution is 2.35. The Morgan fingerprint density at radius 2 is 1.71 bits per heavy atom. The molecular formula is C18H36N2O. The van der Waals surface area contributed by atoms with E-state index in [9.17, 15) is 5.11 Å². The van der Waals surface area contributed by atoms with Crippen LogP contribution in [-0.2, 0) is 0 Å². The first-order chi connectivity index (χ1) is 9.94. The van der Waals surface area contributed by atoms with Crippen LogP contribution in [0.1, 0.15) is 66.2 Å². The van der Waals surface area contributed by atoms with Gasteiger partial charge in [0.1, 0.15) is 0 Å². The molecule has 2 fully saturated rings. The number of aliphatic hydroxyl groups excluding tert-OH is 1. The van der Waals surface area contributed by atoms with Crippen molar-refractivity contribution in [3.63, 3.8) is 0 Å².